The molecule has 5 nitrogen and oxygen atoms in total. The predicted octanol–water partition coefficient (Wildman–Crippen LogP) is 4.76. The molecule has 0 spiro atoms. The van der Waals surface area contributed by atoms with Crippen molar-refractivity contribution in [3.05, 3.63) is 101 Å². The van der Waals surface area contributed by atoms with E-state index in [-0.39, 0.29) is 24.0 Å². The van der Waals surface area contributed by atoms with Crippen LogP contribution >= 0.6 is 0 Å². The molecule has 0 N–H and O–H groups in total. The molecule has 0 aromatic heterocycles. The van der Waals surface area contributed by atoms with E-state index in [0.29, 0.717) is 22.6 Å². The van der Waals surface area contributed by atoms with E-state index in [9.17, 15) is 9.18 Å². The molecule has 0 saturated carbocycles. The van der Waals surface area contributed by atoms with Crippen molar-refractivity contribution >= 4 is 17.9 Å². The third kappa shape index (κ3) is 4.38. The van der Waals surface area contributed by atoms with Crippen molar-refractivity contribution < 1.29 is 23.4 Å². The number of esters is 1. The minimum absolute atomic E-state index is 0.134. The normalized spacial score (nSPS) is 14.4. The van der Waals surface area contributed by atoms with Crippen LogP contribution in [0.3, 0.4) is 0 Å². The minimum atomic E-state index is -0.513. The fraction of sp³-hybridized carbons (Fsp3) is 0.0833. The SMILES string of the molecule is COc1ccc(C2=NC(=Cc3ccc(OCc4ccccc4F)cc3)C(=O)O2)cc1. The highest BCUT2D eigenvalue weighted by Gasteiger charge is 2.24. The lowest BCUT2D eigenvalue weighted by Crippen LogP contribution is -2.05. The van der Waals surface area contributed by atoms with Gasteiger partial charge in [0.25, 0.3) is 0 Å². The molecule has 1 aliphatic rings. The fourth-order valence-electron chi connectivity index (χ4n) is 2.86. The van der Waals surface area contributed by atoms with Crippen LogP contribution in [0.5, 0.6) is 11.5 Å². The summed E-state index contributed by atoms with van der Waals surface area (Å²) in [4.78, 5) is 16.4. The van der Waals surface area contributed by atoms with E-state index in [2.05, 4.69) is 4.99 Å². The number of benzene rings is 3. The maximum atomic E-state index is 13.7. The summed E-state index contributed by atoms with van der Waals surface area (Å²) in [7, 11) is 1.58. The highest BCUT2D eigenvalue weighted by molar-refractivity contribution is 6.12. The molecule has 0 amide bonds. The zero-order chi connectivity index (χ0) is 20.9. The number of ether oxygens (including phenoxy) is 3. The van der Waals surface area contributed by atoms with E-state index in [4.69, 9.17) is 14.2 Å². The Morgan fingerprint density at radius 3 is 2.37 bits per heavy atom. The zero-order valence-corrected chi connectivity index (χ0v) is 16.2. The first-order valence-electron chi connectivity index (χ1n) is 9.25. The lowest BCUT2D eigenvalue weighted by molar-refractivity contribution is -0.129. The van der Waals surface area contributed by atoms with Crippen LogP contribution in [-0.2, 0) is 16.1 Å². The van der Waals surface area contributed by atoms with Crippen molar-refractivity contribution in [1.29, 1.82) is 0 Å². The van der Waals surface area contributed by atoms with Crippen molar-refractivity contribution in [2.24, 2.45) is 4.99 Å². The van der Waals surface area contributed by atoms with Gasteiger partial charge < -0.3 is 14.2 Å². The van der Waals surface area contributed by atoms with Crippen molar-refractivity contribution in [3.63, 3.8) is 0 Å². The second-order valence-corrected chi connectivity index (χ2v) is 6.51. The molecule has 0 atom stereocenters. The number of hydrogen-bond donors (Lipinski definition) is 0. The molecule has 6 heteroatoms. The fourth-order valence-corrected chi connectivity index (χ4v) is 2.86. The first kappa shape index (κ1) is 19.4. The lowest BCUT2D eigenvalue weighted by Gasteiger charge is -2.07. The maximum absolute atomic E-state index is 13.7. The zero-order valence-electron chi connectivity index (χ0n) is 16.2. The summed E-state index contributed by atoms with van der Waals surface area (Å²) in [5.41, 5.74) is 2.14. The number of rotatable bonds is 6. The predicted molar refractivity (Wildman–Crippen MR) is 111 cm³/mol. The van der Waals surface area contributed by atoms with Crippen LogP contribution < -0.4 is 9.47 Å². The van der Waals surface area contributed by atoms with E-state index in [0.717, 1.165) is 5.56 Å². The van der Waals surface area contributed by atoms with Gasteiger partial charge in [-0.25, -0.2) is 14.2 Å². The molecule has 0 fully saturated rings. The molecule has 1 aliphatic heterocycles. The maximum Gasteiger partial charge on any atom is 0.363 e. The molecular formula is C24H18FNO4. The van der Waals surface area contributed by atoms with Crippen LogP contribution in [0.15, 0.2) is 83.5 Å². The summed E-state index contributed by atoms with van der Waals surface area (Å²) in [5, 5.41) is 0. The number of nitrogens with zero attached hydrogens (tertiary/aromatic N) is 1. The average molecular weight is 403 g/mol. The smallest absolute Gasteiger partial charge is 0.363 e. The standard InChI is InChI=1S/C24H18FNO4/c1-28-19-12-8-17(9-13-19)23-26-22(24(27)30-23)14-16-6-10-20(11-7-16)29-15-18-4-2-3-5-21(18)25/h2-14H,15H2,1H3. The van der Waals surface area contributed by atoms with E-state index in [1.807, 2.05) is 0 Å². The largest absolute Gasteiger partial charge is 0.497 e. The monoisotopic (exact) mass is 403 g/mol. The van der Waals surface area contributed by atoms with Gasteiger partial charge in [-0.3, -0.25) is 0 Å². The van der Waals surface area contributed by atoms with Crippen LogP contribution in [0.2, 0.25) is 0 Å². The summed E-state index contributed by atoms with van der Waals surface area (Å²) in [5.74, 6) is 0.733. The summed E-state index contributed by atoms with van der Waals surface area (Å²) < 4.78 is 29.7. The summed E-state index contributed by atoms with van der Waals surface area (Å²) in [6.07, 6.45) is 1.64. The van der Waals surface area contributed by atoms with Crippen LogP contribution in [0.4, 0.5) is 4.39 Å². The Labute approximate surface area is 173 Å². The third-order valence-electron chi connectivity index (χ3n) is 4.49. The Morgan fingerprint density at radius 2 is 1.67 bits per heavy atom. The summed E-state index contributed by atoms with van der Waals surface area (Å²) in [6.45, 7) is 0.134. The van der Waals surface area contributed by atoms with Crippen molar-refractivity contribution in [3.8, 4) is 11.5 Å². The molecule has 3 aromatic carbocycles. The number of hydrogen-bond acceptors (Lipinski definition) is 5. The first-order chi connectivity index (χ1) is 14.6. The molecule has 30 heavy (non-hydrogen) atoms. The molecule has 3 aromatic rings. The Hall–Kier alpha value is -3.93. The summed E-state index contributed by atoms with van der Waals surface area (Å²) in [6, 6.07) is 20.6. The van der Waals surface area contributed by atoms with Gasteiger partial charge in [-0.05, 0) is 54.1 Å². The van der Waals surface area contributed by atoms with E-state index in [1.165, 1.54) is 6.07 Å². The van der Waals surface area contributed by atoms with Gasteiger partial charge in [-0.1, -0.05) is 30.3 Å². The van der Waals surface area contributed by atoms with Gasteiger partial charge in [-0.2, -0.15) is 0 Å². The first-order valence-corrected chi connectivity index (χ1v) is 9.25. The van der Waals surface area contributed by atoms with Gasteiger partial charge in [0.2, 0.25) is 5.90 Å². The van der Waals surface area contributed by atoms with Crippen molar-refractivity contribution in [2.45, 2.75) is 6.61 Å². The van der Waals surface area contributed by atoms with Crippen molar-refractivity contribution in [2.75, 3.05) is 7.11 Å². The molecular weight excluding hydrogens is 385 g/mol. The average Bonchev–Trinajstić information content (AvgIpc) is 3.14. The highest BCUT2D eigenvalue weighted by atomic mass is 19.1. The van der Waals surface area contributed by atoms with Crippen molar-refractivity contribution in [1.82, 2.24) is 0 Å². The van der Waals surface area contributed by atoms with Crippen LogP contribution in [0.25, 0.3) is 6.08 Å². The number of cyclic esters (lactones) is 1. The molecule has 0 unspecified atom stereocenters. The van der Waals surface area contributed by atoms with Crippen LogP contribution in [0, 0.1) is 5.82 Å². The molecule has 0 radical (unpaired) electrons. The van der Waals surface area contributed by atoms with Crippen LogP contribution in [0.1, 0.15) is 16.7 Å². The van der Waals surface area contributed by atoms with Gasteiger partial charge in [0.05, 0.1) is 7.11 Å². The molecule has 150 valence electrons. The van der Waals surface area contributed by atoms with Gasteiger partial charge in [0.15, 0.2) is 5.70 Å². The topological polar surface area (TPSA) is 57.1 Å². The molecule has 0 bridgehead atoms. The second-order valence-electron chi connectivity index (χ2n) is 6.51. The Morgan fingerprint density at radius 1 is 0.967 bits per heavy atom. The molecule has 1 heterocycles. The lowest BCUT2D eigenvalue weighted by atomic mass is 10.2. The Kier molecular flexibility index (Phi) is 5.57. The van der Waals surface area contributed by atoms with Gasteiger partial charge in [-0.15, -0.1) is 0 Å². The van der Waals surface area contributed by atoms with Gasteiger partial charge in [0.1, 0.15) is 23.9 Å². The minimum Gasteiger partial charge on any atom is -0.497 e. The molecule has 0 saturated heterocycles. The van der Waals surface area contributed by atoms with Gasteiger partial charge in [0, 0.05) is 11.1 Å². The van der Waals surface area contributed by atoms with E-state index < -0.39 is 5.97 Å². The van der Waals surface area contributed by atoms with Gasteiger partial charge >= 0.3 is 5.97 Å². The Bertz CT molecular complexity index is 1120. The third-order valence-corrected chi connectivity index (χ3v) is 4.49. The quantitative estimate of drug-likeness (QED) is 0.440. The Balaban J connectivity index is 1.45. The number of methoxy groups -OCH3 is 1. The number of carbonyl (C=O) groups excluding carboxylic acids is 1. The highest BCUT2D eigenvalue weighted by Crippen LogP contribution is 2.22. The number of halogens is 1. The number of carbonyl (C=O) groups is 1. The van der Waals surface area contributed by atoms with E-state index >= 15 is 0 Å². The number of aliphatic imine (C=N–C) groups is 1. The summed E-state index contributed by atoms with van der Waals surface area (Å²) >= 11 is 0. The second kappa shape index (κ2) is 8.61. The van der Waals surface area contributed by atoms with Crippen LogP contribution in [-0.4, -0.2) is 19.0 Å². The molecule has 4 rings (SSSR count). The van der Waals surface area contributed by atoms with E-state index in [1.54, 1.807) is 79.9 Å². The molecule has 0 aliphatic carbocycles.